The number of benzene rings is 3. The Kier molecular flexibility index (Phi) is 6.84. The number of hydrogen-bond acceptors (Lipinski definition) is 4. The third-order valence-electron chi connectivity index (χ3n) is 6.32. The smallest absolute Gasteiger partial charge is 0.270 e. The van der Waals surface area contributed by atoms with Crippen LogP contribution in [0.25, 0.3) is 17.0 Å². The number of amides is 3. The minimum atomic E-state index is -0.593. The number of aryl methyl sites for hydroxylation is 1. The summed E-state index contributed by atoms with van der Waals surface area (Å²) in [6, 6.07) is 20.2. The van der Waals surface area contributed by atoms with E-state index in [2.05, 4.69) is 10.6 Å². The van der Waals surface area contributed by atoms with Gasteiger partial charge in [0.05, 0.1) is 5.69 Å². The topological polar surface area (TPSA) is 83.4 Å². The van der Waals surface area contributed by atoms with Gasteiger partial charge < -0.3 is 9.88 Å². The zero-order valence-corrected chi connectivity index (χ0v) is 22.2. The molecule has 4 aromatic rings. The molecule has 190 valence electrons. The van der Waals surface area contributed by atoms with Crippen LogP contribution in [0.5, 0.6) is 0 Å². The average Bonchev–Trinajstić information content (AvgIpc) is 3.21. The summed E-state index contributed by atoms with van der Waals surface area (Å²) in [5.41, 5.74) is 4.25. The Bertz CT molecular complexity index is 1670. The molecule has 3 aromatic carbocycles. The normalized spacial score (nSPS) is 14.8. The maximum Gasteiger partial charge on any atom is 0.270 e. The van der Waals surface area contributed by atoms with Gasteiger partial charge in [-0.25, -0.2) is 0 Å². The Labute approximate surface area is 229 Å². The van der Waals surface area contributed by atoms with Crippen LogP contribution in [-0.4, -0.2) is 27.4 Å². The molecular weight excluding hydrogens is 520 g/mol. The van der Waals surface area contributed by atoms with Crippen LogP contribution in [0.2, 0.25) is 5.02 Å². The number of halogens is 1. The van der Waals surface area contributed by atoms with Crippen molar-refractivity contribution in [3.63, 3.8) is 0 Å². The van der Waals surface area contributed by atoms with E-state index in [4.69, 9.17) is 23.8 Å². The van der Waals surface area contributed by atoms with E-state index in [1.165, 1.54) is 11.0 Å². The molecule has 0 unspecified atom stereocenters. The number of carbonyl (C=O) groups is 3. The van der Waals surface area contributed by atoms with E-state index in [1.807, 2.05) is 55.5 Å². The minimum absolute atomic E-state index is 0.0160. The predicted molar refractivity (Wildman–Crippen MR) is 154 cm³/mol. The third kappa shape index (κ3) is 4.83. The van der Waals surface area contributed by atoms with Gasteiger partial charge in [-0.15, -0.1) is 0 Å². The molecule has 0 radical (unpaired) electrons. The number of nitrogens with zero attached hydrogens (tertiary/aromatic N) is 2. The van der Waals surface area contributed by atoms with Crippen LogP contribution in [-0.2, 0) is 20.9 Å². The maximum absolute atomic E-state index is 13.6. The van der Waals surface area contributed by atoms with E-state index < -0.39 is 11.8 Å². The zero-order valence-electron chi connectivity index (χ0n) is 20.6. The van der Waals surface area contributed by atoms with Gasteiger partial charge in [0.1, 0.15) is 12.1 Å². The SMILES string of the molecule is Cc1cccc(NC(=O)Cn2cc(/C=C3\C(=O)NC(=S)N(c4cccc(Cl)c4C)C3=O)c3ccccc32)c1. The summed E-state index contributed by atoms with van der Waals surface area (Å²) in [4.78, 5) is 40.6. The molecule has 0 saturated carbocycles. The first-order valence-electron chi connectivity index (χ1n) is 11.8. The number of aromatic nitrogens is 1. The number of nitrogens with one attached hydrogen (secondary N) is 2. The maximum atomic E-state index is 13.6. The first kappa shape index (κ1) is 25.4. The molecule has 0 aliphatic carbocycles. The van der Waals surface area contributed by atoms with Gasteiger partial charge in [-0.3, -0.25) is 24.6 Å². The number of thiocarbonyl (C=S) groups is 1. The molecule has 1 aliphatic rings. The second-order valence-corrected chi connectivity index (χ2v) is 9.78. The fourth-order valence-electron chi connectivity index (χ4n) is 4.47. The van der Waals surface area contributed by atoms with E-state index >= 15 is 0 Å². The minimum Gasteiger partial charge on any atom is -0.337 e. The van der Waals surface area contributed by atoms with Crippen LogP contribution in [0.1, 0.15) is 16.7 Å². The second-order valence-electron chi connectivity index (χ2n) is 8.99. The van der Waals surface area contributed by atoms with Crippen molar-refractivity contribution in [2.45, 2.75) is 20.4 Å². The van der Waals surface area contributed by atoms with Crippen LogP contribution < -0.4 is 15.5 Å². The summed E-state index contributed by atoms with van der Waals surface area (Å²) >= 11 is 11.6. The van der Waals surface area contributed by atoms with Gasteiger partial charge in [0.15, 0.2) is 5.11 Å². The monoisotopic (exact) mass is 542 g/mol. The number of rotatable bonds is 5. The predicted octanol–water partition coefficient (Wildman–Crippen LogP) is 5.38. The number of carbonyl (C=O) groups excluding carboxylic acids is 3. The van der Waals surface area contributed by atoms with E-state index in [0.29, 0.717) is 27.5 Å². The van der Waals surface area contributed by atoms with Crippen LogP contribution >= 0.6 is 23.8 Å². The zero-order chi connectivity index (χ0) is 27.0. The Morgan fingerprint density at radius 2 is 1.82 bits per heavy atom. The number of anilines is 2. The van der Waals surface area contributed by atoms with Gasteiger partial charge >= 0.3 is 0 Å². The van der Waals surface area contributed by atoms with Crippen molar-refractivity contribution in [1.29, 1.82) is 0 Å². The van der Waals surface area contributed by atoms with Crippen molar-refractivity contribution in [3.05, 3.63) is 100 Å². The molecule has 0 bridgehead atoms. The molecule has 9 heteroatoms. The molecule has 1 saturated heterocycles. The highest BCUT2D eigenvalue weighted by atomic mass is 35.5. The van der Waals surface area contributed by atoms with Crippen LogP contribution in [0.15, 0.2) is 78.5 Å². The van der Waals surface area contributed by atoms with E-state index in [9.17, 15) is 14.4 Å². The standard InChI is InChI=1S/C29H23ClN4O3S/c1-17-7-5-8-20(13-17)31-26(35)16-33-15-19(21-9-3-4-11-25(21)33)14-22-27(36)32-29(38)34(28(22)37)24-12-6-10-23(30)18(24)2/h3-15H,16H2,1-2H3,(H,31,35)(H,32,36,38)/b22-14+. The summed E-state index contributed by atoms with van der Waals surface area (Å²) in [6.07, 6.45) is 3.29. The lowest BCUT2D eigenvalue weighted by Gasteiger charge is -2.30. The summed E-state index contributed by atoms with van der Waals surface area (Å²) in [5, 5.41) is 6.78. The largest absolute Gasteiger partial charge is 0.337 e. The second kappa shape index (κ2) is 10.2. The quantitative estimate of drug-likeness (QED) is 0.201. The van der Waals surface area contributed by atoms with Gasteiger partial charge in [0, 0.05) is 33.4 Å². The summed E-state index contributed by atoms with van der Waals surface area (Å²) < 4.78 is 1.79. The lowest BCUT2D eigenvalue weighted by Crippen LogP contribution is -2.54. The van der Waals surface area contributed by atoms with Gasteiger partial charge in [-0.1, -0.05) is 48.0 Å². The molecule has 7 nitrogen and oxygen atoms in total. The van der Waals surface area contributed by atoms with Crippen molar-refractivity contribution in [1.82, 2.24) is 9.88 Å². The highest BCUT2D eigenvalue weighted by Crippen LogP contribution is 2.31. The first-order chi connectivity index (χ1) is 18.2. The van der Waals surface area contributed by atoms with Crippen molar-refractivity contribution >= 4 is 75.0 Å². The molecule has 0 atom stereocenters. The number of fused-ring (bicyclic) bond motifs is 1. The molecule has 5 rings (SSSR count). The van der Waals surface area contributed by atoms with E-state index in [0.717, 1.165) is 16.5 Å². The molecule has 1 fully saturated rings. The fourth-order valence-corrected chi connectivity index (χ4v) is 4.91. The van der Waals surface area contributed by atoms with Gasteiger partial charge in [0.25, 0.3) is 11.8 Å². The van der Waals surface area contributed by atoms with Crippen molar-refractivity contribution < 1.29 is 14.4 Å². The Hall–Kier alpha value is -4.27. The Balaban J connectivity index is 1.50. The van der Waals surface area contributed by atoms with Gasteiger partial charge in [0.2, 0.25) is 5.91 Å². The van der Waals surface area contributed by atoms with Crippen molar-refractivity contribution in [2.24, 2.45) is 0 Å². The summed E-state index contributed by atoms with van der Waals surface area (Å²) in [5.74, 6) is -1.35. The van der Waals surface area contributed by atoms with Gasteiger partial charge in [-0.05, 0) is 73.6 Å². The number of hydrogen-bond donors (Lipinski definition) is 2. The summed E-state index contributed by atoms with van der Waals surface area (Å²) in [6.45, 7) is 3.79. The fraction of sp³-hybridized carbons (Fsp3) is 0.103. The Morgan fingerprint density at radius 1 is 1.05 bits per heavy atom. The molecule has 1 aliphatic heterocycles. The Morgan fingerprint density at radius 3 is 2.61 bits per heavy atom. The van der Waals surface area contributed by atoms with Crippen LogP contribution in [0.4, 0.5) is 11.4 Å². The molecular formula is C29H23ClN4O3S. The van der Waals surface area contributed by atoms with Crippen LogP contribution in [0, 0.1) is 13.8 Å². The van der Waals surface area contributed by atoms with Crippen LogP contribution in [0.3, 0.4) is 0 Å². The highest BCUT2D eigenvalue weighted by Gasteiger charge is 2.35. The molecule has 0 spiro atoms. The first-order valence-corrected chi connectivity index (χ1v) is 12.6. The summed E-state index contributed by atoms with van der Waals surface area (Å²) in [7, 11) is 0. The molecule has 3 amide bonds. The number of para-hydroxylation sites is 1. The average molecular weight is 543 g/mol. The van der Waals surface area contributed by atoms with Crippen molar-refractivity contribution in [2.75, 3.05) is 10.2 Å². The van der Waals surface area contributed by atoms with E-state index in [1.54, 1.807) is 35.9 Å². The van der Waals surface area contributed by atoms with E-state index in [-0.39, 0.29) is 23.1 Å². The lowest BCUT2D eigenvalue weighted by molar-refractivity contribution is -0.122. The van der Waals surface area contributed by atoms with Crippen molar-refractivity contribution in [3.8, 4) is 0 Å². The third-order valence-corrected chi connectivity index (χ3v) is 7.01. The van der Waals surface area contributed by atoms with Gasteiger partial charge in [-0.2, -0.15) is 0 Å². The molecule has 1 aromatic heterocycles. The molecule has 2 heterocycles. The highest BCUT2D eigenvalue weighted by molar-refractivity contribution is 7.80. The molecule has 2 N–H and O–H groups in total. The molecule has 38 heavy (non-hydrogen) atoms. The lowest BCUT2D eigenvalue weighted by atomic mass is 10.1.